The van der Waals surface area contributed by atoms with Gasteiger partial charge in [-0.25, -0.2) is 0 Å². The quantitative estimate of drug-likeness (QED) is 0.577. The summed E-state index contributed by atoms with van der Waals surface area (Å²) < 4.78 is 0. The van der Waals surface area contributed by atoms with Gasteiger partial charge in [-0.15, -0.1) is 0 Å². The third-order valence-corrected chi connectivity index (χ3v) is 0.894. The molecular formula is C8H20MgN2. The van der Waals surface area contributed by atoms with Crippen molar-refractivity contribution in [3.8, 4) is 0 Å². The molecule has 0 aliphatic rings. The van der Waals surface area contributed by atoms with E-state index < -0.39 is 0 Å². The van der Waals surface area contributed by atoms with Crippen molar-refractivity contribution < 1.29 is 0 Å². The van der Waals surface area contributed by atoms with Gasteiger partial charge in [0, 0.05) is 0 Å². The molecule has 0 radical (unpaired) electrons. The van der Waals surface area contributed by atoms with Crippen LogP contribution in [0, 0.1) is 0 Å². The monoisotopic (exact) mass is 168 g/mol. The molecule has 0 aliphatic heterocycles. The van der Waals surface area contributed by atoms with E-state index in [4.69, 9.17) is 0 Å². The van der Waals surface area contributed by atoms with Gasteiger partial charge in [0.15, 0.2) is 0 Å². The molecule has 0 aliphatic carbocycles. The van der Waals surface area contributed by atoms with E-state index in [1.807, 2.05) is 27.7 Å². The number of nitrogens with zero attached hydrogens (tertiary/aromatic N) is 2. The first kappa shape index (κ1) is 17.7. The largest absolute Gasteiger partial charge is 2.00 e. The molecule has 0 N–H and O–H groups in total. The van der Waals surface area contributed by atoms with Crippen LogP contribution in [0.25, 0.3) is 10.6 Å². The summed E-state index contributed by atoms with van der Waals surface area (Å²) in [5.74, 6) is 0. The van der Waals surface area contributed by atoms with Gasteiger partial charge in [-0.2, -0.15) is 26.2 Å². The molecule has 0 saturated heterocycles. The van der Waals surface area contributed by atoms with Crippen LogP contribution >= 0.6 is 0 Å². The molecular weight excluding hydrogens is 148 g/mol. The van der Waals surface area contributed by atoms with Gasteiger partial charge in [0.25, 0.3) is 0 Å². The van der Waals surface area contributed by atoms with Gasteiger partial charge in [-0.05, 0) is 0 Å². The molecule has 0 aromatic carbocycles. The number of hydrogen-bond donors (Lipinski definition) is 0. The first-order chi connectivity index (χ1) is 4.83. The Kier molecular flexibility index (Phi) is 36.1. The zero-order valence-electron chi connectivity index (χ0n) is 8.43. The van der Waals surface area contributed by atoms with Crippen LogP contribution in [-0.2, 0) is 0 Å². The van der Waals surface area contributed by atoms with Crippen molar-refractivity contribution in [2.45, 2.75) is 27.7 Å². The van der Waals surface area contributed by atoms with Crippen molar-refractivity contribution in [3.63, 3.8) is 0 Å². The molecule has 0 aromatic rings. The fourth-order valence-corrected chi connectivity index (χ4v) is 0.447. The fraction of sp³-hybridized carbons (Fsp3) is 1.00. The van der Waals surface area contributed by atoms with E-state index in [0.29, 0.717) is 0 Å². The van der Waals surface area contributed by atoms with Crippen molar-refractivity contribution in [2.75, 3.05) is 26.2 Å². The molecule has 0 atom stereocenters. The zero-order chi connectivity index (χ0) is 8.24. The molecule has 0 saturated carbocycles. The van der Waals surface area contributed by atoms with E-state index in [9.17, 15) is 0 Å². The van der Waals surface area contributed by atoms with Crippen LogP contribution in [0.3, 0.4) is 0 Å². The van der Waals surface area contributed by atoms with Crippen molar-refractivity contribution in [1.82, 2.24) is 0 Å². The van der Waals surface area contributed by atoms with Crippen LogP contribution in [0.4, 0.5) is 0 Å². The number of hydrogen-bond acceptors (Lipinski definition) is 0. The predicted molar refractivity (Wildman–Crippen MR) is 54.6 cm³/mol. The van der Waals surface area contributed by atoms with Crippen LogP contribution in [0.15, 0.2) is 0 Å². The second kappa shape index (κ2) is 22.4. The van der Waals surface area contributed by atoms with Crippen molar-refractivity contribution >= 4 is 23.1 Å². The fourth-order valence-electron chi connectivity index (χ4n) is 0.447. The molecule has 0 rings (SSSR count). The maximum atomic E-state index is 3.97. The average Bonchev–Trinajstić information content (AvgIpc) is 1.93. The molecule has 0 unspecified atom stereocenters. The summed E-state index contributed by atoms with van der Waals surface area (Å²) in [4.78, 5) is 0. The maximum absolute atomic E-state index is 3.97. The Bertz CT molecular complexity index is 33.1. The third kappa shape index (κ3) is 36.7. The summed E-state index contributed by atoms with van der Waals surface area (Å²) in [6.45, 7) is 12.1. The van der Waals surface area contributed by atoms with Gasteiger partial charge in [-0.1, -0.05) is 27.7 Å². The van der Waals surface area contributed by atoms with Gasteiger partial charge < -0.3 is 10.6 Å². The molecule has 11 heavy (non-hydrogen) atoms. The average molecular weight is 169 g/mol. The number of rotatable bonds is 4. The zero-order valence-corrected chi connectivity index (χ0v) is 9.84. The Balaban J connectivity index is -0.000000107. The van der Waals surface area contributed by atoms with Crippen molar-refractivity contribution in [2.24, 2.45) is 0 Å². The van der Waals surface area contributed by atoms with Gasteiger partial charge in [0.1, 0.15) is 0 Å². The second-order valence-electron chi connectivity index (χ2n) is 1.71. The van der Waals surface area contributed by atoms with E-state index in [-0.39, 0.29) is 23.1 Å². The van der Waals surface area contributed by atoms with Crippen LogP contribution in [0.2, 0.25) is 0 Å². The standard InChI is InChI=1S/2C4H10N.Mg/c2*1-3-5-4-2;/h2*3-4H2,1-2H3;/q2*-1;+2. The minimum atomic E-state index is 0. The molecule has 0 heterocycles. The van der Waals surface area contributed by atoms with E-state index >= 15 is 0 Å². The summed E-state index contributed by atoms with van der Waals surface area (Å²) in [5, 5.41) is 7.94. The minimum absolute atomic E-state index is 0. The Hall–Kier alpha value is 0.686. The van der Waals surface area contributed by atoms with Crippen molar-refractivity contribution in [1.29, 1.82) is 0 Å². The molecule has 0 spiro atoms. The smallest absolute Gasteiger partial charge is 0.663 e. The van der Waals surface area contributed by atoms with Crippen molar-refractivity contribution in [3.05, 3.63) is 10.6 Å². The SMILES string of the molecule is CC[N-]CC.CC[N-]CC.[Mg+2]. The molecule has 2 nitrogen and oxygen atoms in total. The molecule has 0 amide bonds. The Labute approximate surface area is 87.7 Å². The van der Waals surface area contributed by atoms with Gasteiger partial charge in [0.2, 0.25) is 0 Å². The van der Waals surface area contributed by atoms with Gasteiger partial charge in [-0.3, -0.25) is 0 Å². The Morgan fingerprint density at radius 2 is 0.818 bits per heavy atom. The molecule has 0 bridgehead atoms. The van der Waals surface area contributed by atoms with E-state index in [1.165, 1.54) is 0 Å². The first-order valence-corrected chi connectivity index (χ1v) is 4.09. The van der Waals surface area contributed by atoms with E-state index in [0.717, 1.165) is 26.2 Å². The van der Waals surface area contributed by atoms with Crippen LogP contribution in [-0.4, -0.2) is 49.2 Å². The Morgan fingerprint density at radius 1 is 0.636 bits per heavy atom. The second-order valence-corrected chi connectivity index (χ2v) is 1.71. The summed E-state index contributed by atoms with van der Waals surface area (Å²) in [7, 11) is 0. The van der Waals surface area contributed by atoms with Crippen LogP contribution in [0.5, 0.6) is 0 Å². The van der Waals surface area contributed by atoms with Gasteiger partial charge in [0.05, 0.1) is 0 Å². The summed E-state index contributed by atoms with van der Waals surface area (Å²) in [5.41, 5.74) is 0. The molecule has 64 valence electrons. The maximum Gasteiger partial charge on any atom is 2.00 e. The minimum Gasteiger partial charge on any atom is -0.663 e. The van der Waals surface area contributed by atoms with Crippen LogP contribution in [0.1, 0.15) is 27.7 Å². The predicted octanol–water partition coefficient (Wildman–Crippen LogP) is 2.42. The topological polar surface area (TPSA) is 28.2 Å². The Morgan fingerprint density at radius 3 is 0.818 bits per heavy atom. The summed E-state index contributed by atoms with van der Waals surface area (Å²) >= 11 is 0. The summed E-state index contributed by atoms with van der Waals surface area (Å²) in [6, 6.07) is 0. The first-order valence-electron chi connectivity index (χ1n) is 4.09. The molecule has 3 heteroatoms. The molecule has 0 aromatic heterocycles. The van der Waals surface area contributed by atoms with E-state index in [2.05, 4.69) is 10.6 Å². The third-order valence-electron chi connectivity index (χ3n) is 0.894. The van der Waals surface area contributed by atoms with Gasteiger partial charge >= 0.3 is 23.1 Å². The van der Waals surface area contributed by atoms with E-state index in [1.54, 1.807) is 0 Å². The summed E-state index contributed by atoms with van der Waals surface area (Å²) in [6.07, 6.45) is 0. The van der Waals surface area contributed by atoms with Crippen LogP contribution < -0.4 is 0 Å². The normalized spacial score (nSPS) is 7.64. The molecule has 0 fully saturated rings.